The maximum absolute atomic E-state index is 13.7. The summed E-state index contributed by atoms with van der Waals surface area (Å²) < 4.78 is 11.5. The number of anilines is 1. The van der Waals surface area contributed by atoms with E-state index in [0.29, 0.717) is 46.2 Å². The predicted molar refractivity (Wildman–Crippen MR) is 164 cm³/mol. The number of ether oxygens (including phenoxy) is 2. The Morgan fingerprint density at radius 1 is 0.929 bits per heavy atom. The Hall–Kier alpha value is -3.58. The van der Waals surface area contributed by atoms with E-state index in [-0.39, 0.29) is 34.9 Å². The van der Waals surface area contributed by atoms with Gasteiger partial charge in [0, 0.05) is 59.1 Å². The summed E-state index contributed by atoms with van der Waals surface area (Å²) >= 11 is 6.18. The monoisotopic (exact) mass is 590 g/mol. The van der Waals surface area contributed by atoms with Gasteiger partial charge in [-0.25, -0.2) is 0 Å². The molecule has 7 nitrogen and oxygen atoms in total. The highest BCUT2D eigenvalue weighted by atomic mass is 35.5. The van der Waals surface area contributed by atoms with Crippen LogP contribution in [-0.4, -0.2) is 43.1 Å². The van der Waals surface area contributed by atoms with Gasteiger partial charge in [0.05, 0.1) is 7.11 Å². The van der Waals surface area contributed by atoms with Crippen LogP contribution in [0.5, 0.6) is 11.5 Å². The van der Waals surface area contributed by atoms with Crippen LogP contribution in [0.2, 0.25) is 5.02 Å². The number of amides is 1. The minimum absolute atomic E-state index is 0.0782. The number of hydrogen-bond donors (Lipinski definition) is 1. The van der Waals surface area contributed by atoms with Crippen LogP contribution in [-0.2, 0) is 14.4 Å². The molecule has 0 saturated heterocycles. The quantitative estimate of drug-likeness (QED) is 0.390. The van der Waals surface area contributed by atoms with Gasteiger partial charge in [0.15, 0.2) is 29.7 Å². The molecule has 3 aliphatic rings. The summed E-state index contributed by atoms with van der Waals surface area (Å²) in [6, 6.07) is 10.8. The number of benzene rings is 2. The molecular formula is C34H39ClN2O5. The third-order valence-electron chi connectivity index (χ3n) is 8.52. The van der Waals surface area contributed by atoms with Gasteiger partial charge in [-0.3, -0.25) is 14.4 Å². The van der Waals surface area contributed by atoms with Crippen LogP contribution in [0.1, 0.15) is 70.4 Å². The number of nitrogens with zero attached hydrogens (tertiary/aromatic N) is 1. The Bertz CT molecular complexity index is 1500. The molecular weight excluding hydrogens is 552 g/mol. The molecule has 0 spiro atoms. The van der Waals surface area contributed by atoms with Crippen molar-refractivity contribution in [2.24, 2.45) is 10.8 Å². The minimum Gasteiger partial charge on any atom is -0.493 e. The lowest BCUT2D eigenvalue weighted by Crippen LogP contribution is -2.43. The number of carbonyl (C=O) groups is 3. The van der Waals surface area contributed by atoms with Crippen molar-refractivity contribution < 1.29 is 23.9 Å². The molecule has 0 atom stereocenters. The molecule has 1 aliphatic heterocycles. The summed E-state index contributed by atoms with van der Waals surface area (Å²) in [6.45, 7) is 10.1. The fourth-order valence-corrected chi connectivity index (χ4v) is 6.67. The normalized spacial score (nSPS) is 19.9. The van der Waals surface area contributed by atoms with Gasteiger partial charge in [0.1, 0.15) is 0 Å². The topological polar surface area (TPSA) is 84.9 Å². The Balaban J connectivity index is 1.48. The van der Waals surface area contributed by atoms with Crippen molar-refractivity contribution in [3.8, 4) is 11.5 Å². The molecule has 1 heterocycles. The molecule has 0 radical (unpaired) electrons. The van der Waals surface area contributed by atoms with Gasteiger partial charge >= 0.3 is 0 Å². The van der Waals surface area contributed by atoms with Crippen molar-refractivity contribution in [2.75, 3.05) is 26.1 Å². The predicted octanol–water partition coefficient (Wildman–Crippen LogP) is 6.99. The lowest BCUT2D eigenvalue weighted by atomic mass is 9.64. The first-order chi connectivity index (χ1) is 19.7. The van der Waals surface area contributed by atoms with Gasteiger partial charge in [-0.1, -0.05) is 51.4 Å². The fraction of sp³-hybridized carbons (Fsp3) is 0.441. The summed E-state index contributed by atoms with van der Waals surface area (Å²) in [7, 11) is 3.53. The first-order valence-electron chi connectivity index (χ1n) is 14.3. The lowest BCUT2D eigenvalue weighted by Gasteiger charge is -2.47. The summed E-state index contributed by atoms with van der Waals surface area (Å²) in [5, 5.41) is 3.36. The molecule has 2 aromatic carbocycles. The molecule has 0 aromatic heterocycles. The van der Waals surface area contributed by atoms with Crippen LogP contribution in [0, 0.1) is 17.8 Å². The molecule has 0 unspecified atom stereocenters. The zero-order chi connectivity index (χ0) is 30.6. The minimum atomic E-state index is -0.476. The molecule has 2 aliphatic carbocycles. The maximum Gasteiger partial charge on any atom is 0.262 e. The van der Waals surface area contributed by atoms with E-state index in [1.807, 2.05) is 32.2 Å². The molecule has 42 heavy (non-hydrogen) atoms. The molecule has 0 bridgehead atoms. The average Bonchev–Trinajstić information content (AvgIpc) is 2.89. The van der Waals surface area contributed by atoms with Gasteiger partial charge in [-0.15, -0.1) is 0 Å². The summed E-state index contributed by atoms with van der Waals surface area (Å²) in [6.07, 6.45) is 2.37. The van der Waals surface area contributed by atoms with Gasteiger partial charge in [0.2, 0.25) is 0 Å². The largest absolute Gasteiger partial charge is 0.493 e. The molecule has 8 heteroatoms. The lowest BCUT2D eigenvalue weighted by molar-refractivity contribution is -0.120. The van der Waals surface area contributed by atoms with Crippen LogP contribution in [0.3, 0.4) is 0 Å². The van der Waals surface area contributed by atoms with E-state index >= 15 is 0 Å². The average molecular weight is 591 g/mol. The number of allylic oxidation sites excluding steroid dienone is 4. The summed E-state index contributed by atoms with van der Waals surface area (Å²) in [5.74, 6) is 0.155. The van der Waals surface area contributed by atoms with Crippen LogP contribution in [0.25, 0.3) is 0 Å². The van der Waals surface area contributed by atoms with Crippen LogP contribution in [0.4, 0.5) is 5.69 Å². The smallest absolute Gasteiger partial charge is 0.262 e. The zero-order valence-electron chi connectivity index (χ0n) is 25.4. The first kappa shape index (κ1) is 29.9. The van der Waals surface area contributed by atoms with E-state index in [4.69, 9.17) is 21.1 Å². The fourth-order valence-electron chi connectivity index (χ4n) is 6.49. The van der Waals surface area contributed by atoms with Crippen molar-refractivity contribution in [3.63, 3.8) is 0 Å². The number of carbonyl (C=O) groups excluding carboxylic acids is 3. The highest BCUT2D eigenvalue weighted by molar-refractivity contribution is 6.31. The standard InChI is InChI=1S/C34H39ClN2O5/c1-19-8-10-21(13-22(19)35)36-29(40)18-42-27-11-9-20(12-28(27)41-7)30-31-23(14-33(2,3)16-25(31)38)37(6)24-15-34(4,5)17-26(39)32(24)30/h8-13,30H,14-18H2,1-7H3,(H,36,40). The van der Waals surface area contributed by atoms with E-state index in [9.17, 15) is 14.4 Å². The van der Waals surface area contributed by atoms with Crippen molar-refractivity contribution in [3.05, 3.63) is 75.1 Å². The zero-order valence-corrected chi connectivity index (χ0v) is 26.2. The van der Waals surface area contributed by atoms with Crippen molar-refractivity contribution in [1.82, 2.24) is 4.90 Å². The number of hydrogen-bond acceptors (Lipinski definition) is 6. The van der Waals surface area contributed by atoms with Gasteiger partial charge in [-0.2, -0.15) is 0 Å². The van der Waals surface area contributed by atoms with E-state index < -0.39 is 5.92 Å². The van der Waals surface area contributed by atoms with Crippen molar-refractivity contribution in [1.29, 1.82) is 0 Å². The van der Waals surface area contributed by atoms with Crippen LogP contribution >= 0.6 is 11.6 Å². The number of Topliss-reactive ketones (excluding diaryl/α,β-unsaturated/α-hetero) is 2. The SMILES string of the molecule is COc1cc(C2C3=C(CC(C)(C)CC3=O)N(C)C3=C2C(=O)CC(C)(C)C3)ccc1OCC(=O)Nc1ccc(C)c(Cl)c1. The second-order valence-corrected chi connectivity index (χ2v) is 13.7. The van der Waals surface area contributed by atoms with Gasteiger partial charge < -0.3 is 19.7 Å². The molecule has 0 fully saturated rings. The maximum atomic E-state index is 13.7. The molecule has 5 rings (SSSR count). The molecule has 2 aromatic rings. The summed E-state index contributed by atoms with van der Waals surface area (Å²) in [4.78, 5) is 42.2. The number of halogens is 1. The Kier molecular flexibility index (Phi) is 7.77. The molecule has 1 amide bonds. The summed E-state index contributed by atoms with van der Waals surface area (Å²) in [5.41, 5.74) is 5.37. The Morgan fingerprint density at radius 3 is 2.07 bits per heavy atom. The number of rotatable bonds is 6. The van der Waals surface area contributed by atoms with Crippen LogP contribution in [0.15, 0.2) is 58.9 Å². The highest BCUT2D eigenvalue weighted by Gasteiger charge is 2.48. The van der Waals surface area contributed by atoms with Gasteiger partial charge in [-0.05, 0) is 66.0 Å². The number of aryl methyl sites for hydroxylation is 1. The van der Waals surface area contributed by atoms with E-state index in [2.05, 4.69) is 37.9 Å². The van der Waals surface area contributed by atoms with E-state index in [1.54, 1.807) is 18.2 Å². The molecule has 1 N–H and O–H groups in total. The Morgan fingerprint density at radius 2 is 1.52 bits per heavy atom. The van der Waals surface area contributed by atoms with Crippen LogP contribution < -0.4 is 14.8 Å². The number of nitrogens with one attached hydrogen (secondary N) is 1. The highest BCUT2D eigenvalue weighted by Crippen LogP contribution is 2.54. The third-order valence-corrected chi connectivity index (χ3v) is 8.92. The van der Waals surface area contributed by atoms with Gasteiger partial charge in [0.25, 0.3) is 5.91 Å². The first-order valence-corrected chi connectivity index (χ1v) is 14.7. The van der Waals surface area contributed by atoms with E-state index in [1.165, 1.54) is 7.11 Å². The Labute approximate surface area is 252 Å². The molecule has 222 valence electrons. The third kappa shape index (κ3) is 5.71. The second kappa shape index (κ2) is 10.9. The van der Waals surface area contributed by atoms with Crippen molar-refractivity contribution >= 4 is 34.8 Å². The second-order valence-electron chi connectivity index (χ2n) is 13.3. The molecule has 0 saturated carbocycles. The number of ketones is 2. The number of methoxy groups -OCH3 is 1. The van der Waals surface area contributed by atoms with E-state index in [0.717, 1.165) is 35.4 Å². The van der Waals surface area contributed by atoms with Crippen molar-refractivity contribution in [2.45, 2.75) is 66.2 Å².